The summed E-state index contributed by atoms with van der Waals surface area (Å²) in [5.41, 5.74) is 0. The van der Waals surface area contributed by atoms with Gasteiger partial charge in [-0.3, -0.25) is 9.69 Å². The van der Waals surface area contributed by atoms with Gasteiger partial charge in [0.1, 0.15) is 6.04 Å². The molecule has 1 rings (SSSR count). The maximum atomic E-state index is 11.4. The first-order chi connectivity index (χ1) is 5.70. The third-order valence-corrected chi connectivity index (χ3v) is 2.08. The molecule has 1 aliphatic rings. The Hall–Kier alpha value is -0.680. The number of rotatable bonds is 3. The lowest BCUT2D eigenvalue weighted by Gasteiger charge is -2.12. The molecule has 0 aromatic rings. The van der Waals surface area contributed by atoms with Crippen LogP contribution in [-0.2, 0) is 4.79 Å². The number of amides is 1. The summed E-state index contributed by atoms with van der Waals surface area (Å²) in [5, 5.41) is 11.9. The van der Waals surface area contributed by atoms with Crippen molar-refractivity contribution in [3.63, 3.8) is 0 Å². The maximum Gasteiger partial charge on any atom is 0.253 e. The lowest BCUT2D eigenvalue weighted by atomic mass is 10.3. The van der Waals surface area contributed by atoms with E-state index in [1.165, 1.54) is 4.90 Å². The molecule has 1 amide bonds. The van der Waals surface area contributed by atoms with Crippen molar-refractivity contribution in [3.8, 4) is 0 Å². The van der Waals surface area contributed by atoms with Crippen molar-refractivity contribution in [3.05, 3.63) is 0 Å². The minimum Gasteiger partial charge on any atom is -0.394 e. The number of nitrogens with one attached hydrogen (secondary N) is 1. The molecule has 0 aromatic carbocycles. The predicted molar refractivity (Wildman–Crippen MR) is 48.6 cm³/mol. The molecular formula is C7H12N2O2S. The number of aliphatic hydroxyl groups is 1. The van der Waals surface area contributed by atoms with Gasteiger partial charge < -0.3 is 10.4 Å². The Bertz CT molecular complexity index is 208. The Morgan fingerprint density at radius 2 is 2.42 bits per heavy atom. The highest BCUT2D eigenvalue weighted by Gasteiger charge is 2.33. The molecule has 1 saturated heterocycles. The molecule has 12 heavy (non-hydrogen) atoms. The Labute approximate surface area is 76.5 Å². The highest BCUT2D eigenvalue weighted by Crippen LogP contribution is 2.06. The van der Waals surface area contributed by atoms with Gasteiger partial charge >= 0.3 is 0 Å². The fraction of sp³-hybridized carbons (Fsp3) is 0.714. The molecule has 1 fully saturated rings. The van der Waals surface area contributed by atoms with E-state index in [0.717, 1.165) is 6.42 Å². The van der Waals surface area contributed by atoms with Crippen molar-refractivity contribution in [2.75, 3.05) is 13.2 Å². The van der Waals surface area contributed by atoms with Crippen molar-refractivity contribution in [2.45, 2.75) is 19.4 Å². The number of aliphatic hydroxyl groups excluding tert-OH is 1. The van der Waals surface area contributed by atoms with Crippen molar-refractivity contribution in [1.29, 1.82) is 0 Å². The first kappa shape index (κ1) is 9.41. The number of hydrogen-bond acceptors (Lipinski definition) is 3. The summed E-state index contributed by atoms with van der Waals surface area (Å²) in [6, 6.07) is -0.524. The van der Waals surface area contributed by atoms with E-state index in [1.54, 1.807) is 0 Å². The van der Waals surface area contributed by atoms with E-state index in [1.807, 2.05) is 6.92 Å². The van der Waals surface area contributed by atoms with Gasteiger partial charge in [0.05, 0.1) is 6.61 Å². The highest BCUT2D eigenvalue weighted by molar-refractivity contribution is 7.80. The summed E-state index contributed by atoms with van der Waals surface area (Å²) in [7, 11) is 0. The lowest BCUT2D eigenvalue weighted by Crippen LogP contribution is -2.33. The van der Waals surface area contributed by atoms with E-state index >= 15 is 0 Å². The summed E-state index contributed by atoms with van der Waals surface area (Å²) >= 11 is 4.91. The smallest absolute Gasteiger partial charge is 0.253 e. The standard InChI is InChI=1S/C7H12N2O2S/c1-2-3-9-6(11)5(4-10)8-7(9)12/h5,10H,2-4H2,1H3,(H,8,12). The zero-order valence-electron chi connectivity index (χ0n) is 6.91. The van der Waals surface area contributed by atoms with Gasteiger partial charge in [0.15, 0.2) is 5.11 Å². The average molecular weight is 188 g/mol. The maximum absolute atomic E-state index is 11.4. The SMILES string of the molecule is CCCN1C(=O)C(CO)NC1=S. The van der Waals surface area contributed by atoms with Crippen LogP contribution < -0.4 is 5.32 Å². The van der Waals surface area contributed by atoms with Crippen LogP contribution in [0.4, 0.5) is 0 Å². The molecular weight excluding hydrogens is 176 g/mol. The molecule has 0 aromatic heterocycles. The zero-order valence-corrected chi connectivity index (χ0v) is 7.73. The van der Waals surface area contributed by atoms with E-state index in [9.17, 15) is 4.79 Å². The fourth-order valence-corrected chi connectivity index (χ4v) is 1.46. The molecule has 5 heteroatoms. The Kier molecular flexibility index (Phi) is 2.99. The summed E-state index contributed by atoms with van der Waals surface area (Å²) in [4.78, 5) is 12.8. The molecule has 1 aliphatic heterocycles. The highest BCUT2D eigenvalue weighted by atomic mass is 32.1. The Balaban J connectivity index is 2.64. The summed E-state index contributed by atoms with van der Waals surface area (Å²) < 4.78 is 0. The third-order valence-electron chi connectivity index (χ3n) is 1.74. The van der Waals surface area contributed by atoms with E-state index in [0.29, 0.717) is 11.7 Å². The van der Waals surface area contributed by atoms with E-state index < -0.39 is 6.04 Å². The number of carbonyl (C=O) groups excluding carboxylic acids is 1. The van der Waals surface area contributed by atoms with Gasteiger partial charge in [0, 0.05) is 6.54 Å². The molecule has 0 spiro atoms. The number of thiocarbonyl (C=S) groups is 1. The zero-order chi connectivity index (χ0) is 9.14. The van der Waals surface area contributed by atoms with Crippen LogP contribution in [-0.4, -0.2) is 40.2 Å². The Morgan fingerprint density at radius 3 is 2.83 bits per heavy atom. The van der Waals surface area contributed by atoms with Gasteiger partial charge in [-0.05, 0) is 18.6 Å². The number of hydrogen-bond donors (Lipinski definition) is 2. The topological polar surface area (TPSA) is 52.6 Å². The monoisotopic (exact) mass is 188 g/mol. The van der Waals surface area contributed by atoms with Crippen LogP contribution in [0.3, 0.4) is 0 Å². The van der Waals surface area contributed by atoms with Gasteiger partial charge in [-0.2, -0.15) is 0 Å². The van der Waals surface area contributed by atoms with Crippen LogP contribution >= 0.6 is 12.2 Å². The fourth-order valence-electron chi connectivity index (χ4n) is 1.14. The largest absolute Gasteiger partial charge is 0.394 e. The second-order valence-corrected chi connectivity index (χ2v) is 3.06. The van der Waals surface area contributed by atoms with Crippen molar-refractivity contribution in [2.24, 2.45) is 0 Å². The molecule has 0 saturated carbocycles. The molecule has 0 aliphatic carbocycles. The van der Waals surface area contributed by atoms with Crippen LogP contribution in [0.25, 0.3) is 0 Å². The van der Waals surface area contributed by atoms with Gasteiger partial charge in [0.25, 0.3) is 5.91 Å². The molecule has 2 N–H and O–H groups in total. The Morgan fingerprint density at radius 1 is 1.75 bits per heavy atom. The lowest BCUT2D eigenvalue weighted by molar-refractivity contribution is -0.127. The van der Waals surface area contributed by atoms with Gasteiger partial charge in [0.2, 0.25) is 0 Å². The van der Waals surface area contributed by atoms with Crippen LogP contribution in [0, 0.1) is 0 Å². The number of nitrogens with zero attached hydrogens (tertiary/aromatic N) is 1. The average Bonchev–Trinajstić information content (AvgIpc) is 2.32. The minimum absolute atomic E-state index is 0.121. The molecule has 4 nitrogen and oxygen atoms in total. The molecule has 0 radical (unpaired) electrons. The first-order valence-corrected chi connectivity index (χ1v) is 4.34. The minimum atomic E-state index is -0.524. The second kappa shape index (κ2) is 3.82. The third kappa shape index (κ3) is 1.56. The van der Waals surface area contributed by atoms with Crippen LogP contribution in [0.15, 0.2) is 0 Å². The normalized spacial score (nSPS) is 23.2. The van der Waals surface area contributed by atoms with E-state index in [-0.39, 0.29) is 12.5 Å². The van der Waals surface area contributed by atoms with Crippen LogP contribution in [0.2, 0.25) is 0 Å². The van der Waals surface area contributed by atoms with E-state index in [2.05, 4.69) is 5.32 Å². The van der Waals surface area contributed by atoms with Crippen molar-refractivity contribution < 1.29 is 9.90 Å². The van der Waals surface area contributed by atoms with Gasteiger partial charge in [-0.1, -0.05) is 6.92 Å². The molecule has 68 valence electrons. The molecule has 0 bridgehead atoms. The number of carbonyl (C=O) groups is 1. The van der Waals surface area contributed by atoms with Crippen molar-refractivity contribution >= 4 is 23.2 Å². The molecule has 1 atom stereocenters. The van der Waals surface area contributed by atoms with Crippen LogP contribution in [0.1, 0.15) is 13.3 Å². The van der Waals surface area contributed by atoms with Crippen LogP contribution in [0.5, 0.6) is 0 Å². The van der Waals surface area contributed by atoms with Crippen molar-refractivity contribution in [1.82, 2.24) is 10.2 Å². The molecule has 1 heterocycles. The second-order valence-electron chi connectivity index (χ2n) is 2.67. The van der Waals surface area contributed by atoms with Gasteiger partial charge in [-0.25, -0.2) is 0 Å². The van der Waals surface area contributed by atoms with Gasteiger partial charge in [-0.15, -0.1) is 0 Å². The summed E-state index contributed by atoms with van der Waals surface area (Å²) in [5.74, 6) is -0.121. The quantitative estimate of drug-likeness (QED) is 0.585. The first-order valence-electron chi connectivity index (χ1n) is 3.93. The summed E-state index contributed by atoms with van der Waals surface area (Å²) in [6.45, 7) is 2.41. The molecule has 1 unspecified atom stereocenters. The van der Waals surface area contributed by atoms with E-state index in [4.69, 9.17) is 17.3 Å². The predicted octanol–water partition coefficient (Wildman–Crippen LogP) is -0.526. The summed E-state index contributed by atoms with van der Waals surface area (Å²) in [6.07, 6.45) is 0.867.